The van der Waals surface area contributed by atoms with E-state index >= 15 is 0 Å². The van der Waals surface area contributed by atoms with E-state index in [2.05, 4.69) is 10.3 Å². The van der Waals surface area contributed by atoms with E-state index in [1.54, 1.807) is 6.20 Å². The van der Waals surface area contributed by atoms with Gasteiger partial charge in [0.1, 0.15) is 10.4 Å². The zero-order valence-electron chi connectivity index (χ0n) is 11.4. The van der Waals surface area contributed by atoms with E-state index in [1.807, 2.05) is 19.1 Å². The first kappa shape index (κ1) is 14.7. The summed E-state index contributed by atoms with van der Waals surface area (Å²) in [6.07, 6.45) is 3.40. The second-order valence-corrected chi connectivity index (χ2v) is 5.93. The quantitative estimate of drug-likeness (QED) is 0.711. The zero-order chi connectivity index (χ0) is 14.5. The highest BCUT2D eigenvalue weighted by Gasteiger charge is 2.16. The Morgan fingerprint density at radius 2 is 2.40 bits per heavy atom. The summed E-state index contributed by atoms with van der Waals surface area (Å²) in [5.74, 6) is 0.118. The second kappa shape index (κ2) is 6.67. The molecule has 108 valence electrons. The molecule has 2 aromatic heterocycles. The van der Waals surface area contributed by atoms with Crippen molar-refractivity contribution in [3.8, 4) is 0 Å². The van der Waals surface area contributed by atoms with E-state index in [-0.39, 0.29) is 18.4 Å². The van der Waals surface area contributed by atoms with E-state index in [1.165, 1.54) is 11.3 Å². The number of hydrogen-bond acceptors (Lipinski definition) is 5. The lowest BCUT2D eigenvalue weighted by molar-refractivity contribution is 0.0957. The Hall–Kier alpha value is -1.66. The summed E-state index contributed by atoms with van der Waals surface area (Å²) in [4.78, 5) is 16.8. The van der Waals surface area contributed by atoms with E-state index < -0.39 is 0 Å². The molecular formula is C14H19N3O2S. The number of aromatic nitrogens is 1. The molecule has 1 unspecified atom stereocenters. The summed E-state index contributed by atoms with van der Waals surface area (Å²) in [7, 11) is 0. The van der Waals surface area contributed by atoms with E-state index in [0.29, 0.717) is 22.6 Å². The number of nitrogen functional groups attached to an aromatic ring is 1. The molecule has 0 saturated heterocycles. The number of aliphatic hydroxyl groups is 1. The first-order valence-electron chi connectivity index (χ1n) is 6.65. The smallest absolute Gasteiger partial charge is 0.263 e. The Morgan fingerprint density at radius 1 is 1.60 bits per heavy atom. The highest BCUT2D eigenvalue weighted by molar-refractivity contribution is 7.21. The van der Waals surface area contributed by atoms with Crippen LogP contribution in [0.1, 0.15) is 29.4 Å². The molecule has 2 heterocycles. The molecular weight excluding hydrogens is 274 g/mol. The van der Waals surface area contributed by atoms with Crippen molar-refractivity contribution in [1.29, 1.82) is 0 Å². The summed E-state index contributed by atoms with van der Waals surface area (Å²) in [5.41, 5.74) is 7.11. The van der Waals surface area contributed by atoms with Crippen molar-refractivity contribution in [2.75, 3.05) is 18.9 Å². The van der Waals surface area contributed by atoms with Gasteiger partial charge in [0.2, 0.25) is 0 Å². The third-order valence-electron chi connectivity index (χ3n) is 3.16. The van der Waals surface area contributed by atoms with E-state index in [4.69, 9.17) is 10.8 Å². The number of fused-ring (bicyclic) bond motifs is 1. The molecule has 1 atom stereocenters. The van der Waals surface area contributed by atoms with Gasteiger partial charge in [-0.05, 0) is 30.9 Å². The molecule has 1 amide bonds. The van der Waals surface area contributed by atoms with Crippen LogP contribution in [0.15, 0.2) is 18.3 Å². The fourth-order valence-electron chi connectivity index (χ4n) is 1.94. The maximum Gasteiger partial charge on any atom is 0.263 e. The Labute approximate surface area is 121 Å². The van der Waals surface area contributed by atoms with Crippen molar-refractivity contribution in [3.63, 3.8) is 0 Å². The molecule has 0 aromatic carbocycles. The van der Waals surface area contributed by atoms with E-state index in [0.717, 1.165) is 17.5 Å². The Kier molecular flexibility index (Phi) is 4.92. The minimum Gasteiger partial charge on any atom is -0.396 e. The summed E-state index contributed by atoms with van der Waals surface area (Å²) < 4.78 is 0.920. The van der Waals surface area contributed by atoms with Crippen LogP contribution in [-0.2, 0) is 0 Å². The Balaban J connectivity index is 1.96. The van der Waals surface area contributed by atoms with E-state index in [9.17, 15) is 4.79 Å². The highest BCUT2D eigenvalue weighted by atomic mass is 32.1. The van der Waals surface area contributed by atoms with Crippen LogP contribution in [0.5, 0.6) is 0 Å². The van der Waals surface area contributed by atoms with Crippen LogP contribution >= 0.6 is 11.3 Å². The first-order valence-corrected chi connectivity index (χ1v) is 7.47. The highest BCUT2D eigenvalue weighted by Crippen LogP contribution is 2.31. The van der Waals surface area contributed by atoms with Crippen LogP contribution < -0.4 is 11.1 Å². The molecule has 0 aliphatic carbocycles. The Morgan fingerprint density at radius 3 is 3.10 bits per heavy atom. The SMILES string of the molecule is CC(CO)CCCNC(=O)c1sc2cccnc2c1N. The number of carbonyl (C=O) groups excluding carboxylic acids is 1. The number of hydrogen-bond donors (Lipinski definition) is 3. The molecule has 2 rings (SSSR count). The first-order chi connectivity index (χ1) is 9.63. The molecule has 4 N–H and O–H groups in total. The largest absolute Gasteiger partial charge is 0.396 e. The predicted octanol–water partition coefficient (Wildman–Crippen LogP) is 2.02. The lowest BCUT2D eigenvalue weighted by Gasteiger charge is -2.08. The van der Waals surface area contributed by atoms with Gasteiger partial charge in [-0.15, -0.1) is 11.3 Å². The van der Waals surface area contributed by atoms with Crippen LogP contribution in [0.4, 0.5) is 5.69 Å². The molecule has 0 saturated carbocycles. The molecule has 0 aliphatic rings. The lowest BCUT2D eigenvalue weighted by Crippen LogP contribution is -2.24. The number of carbonyl (C=O) groups is 1. The monoisotopic (exact) mass is 293 g/mol. The molecule has 0 spiro atoms. The predicted molar refractivity (Wildman–Crippen MR) is 81.8 cm³/mol. The third-order valence-corrected chi connectivity index (χ3v) is 4.32. The van der Waals surface area contributed by atoms with Crippen molar-refractivity contribution in [3.05, 3.63) is 23.2 Å². The maximum absolute atomic E-state index is 12.1. The summed E-state index contributed by atoms with van der Waals surface area (Å²) in [6.45, 7) is 2.75. The van der Waals surface area contributed by atoms with Crippen molar-refractivity contribution >= 4 is 33.1 Å². The fourth-order valence-corrected chi connectivity index (χ4v) is 2.94. The number of nitrogens with one attached hydrogen (secondary N) is 1. The number of pyridine rings is 1. The van der Waals surface area contributed by atoms with Crippen LogP contribution in [-0.4, -0.2) is 29.1 Å². The number of aliphatic hydroxyl groups excluding tert-OH is 1. The molecule has 0 fully saturated rings. The lowest BCUT2D eigenvalue weighted by atomic mass is 10.1. The van der Waals surface area contributed by atoms with Gasteiger partial charge in [-0.3, -0.25) is 9.78 Å². The number of thiophene rings is 1. The molecule has 2 aromatic rings. The maximum atomic E-state index is 12.1. The van der Waals surface area contributed by atoms with Crippen LogP contribution in [0, 0.1) is 5.92 Å². The normalized spacial score (nSPS) is 12.5. The van der Waals surface area contributed by atoms with Gasteiger partial charge in [-0.1, -0.05) is 6.92 Å². The topological polar surface area (TPSA) is 88.2 Å². The zero-order valence-corrected chi connectivity index (χ0v) is 12.2. The minimum atomic E-state index is -0.151. The average Bonchev–Trinajstić information content (AvgIpc) is 2.81. The van der Waals surface area contributed by atoms with Gasteiger partial charge in [-0.2, -0.15) is 0 Å². The molecule has 6 heteroatoms. The molecule has 5 nitrogen and oxygen atoms in total. The molecule has 20 heavy (non-hydrogen) atoms. The van der Waals surface area contributed by atoms with Gasteiger partial charge in [0.25, 0.3) is 5.91 Å². The second-order valence-electron chi connectivity index (χ2n) is 4.88. The van der Waals surface area contributed by atoms with Crippen molar-refractivity contribution < 1.29 is 9.90 Å². The van der Waals surface area contributed by atoms with Crippen molar-refractivity contribution in [2.24, 2.45) is 5.92 Å². The van der Waals surface area contributed by atoms with Crippen molar-refractivity contribution in [1.82, 2.24) is 10.3 Å². The van der Waals surface area contributed by atoms with Crippen LogP contribution in [0.3, 0.4) is 0 Å². The van der Waals surface area contributed by atoms with Crippen LogP contribution in [0.2, 0.25) is 0 Å². The van der Waals surface area contributed by atoms with Gasteiger partial charge < -0.3 is 16.2 Å². The molecule has 0 radical (unpaired) electrons. The summed E-state index contributed by atoms with van der Waals surface area (Å²) >= 11 is 1.36. The number of nitrogens with zero attached hydrogens (tertiary/aromatic N) is 1. The standard InChI is InChI=1S/C14H19N3O2S/c1-9(8-18)4-2-7-17-14(19)13-11(15)12-10(20-13)5-3-6-16-12/h3,5-6,9,18H,2,4,7-8,15H2,1H3,(H,17,19). The van der Waals surface area contributed by atoms with Gasteiger partial charge >= 0.3 is 0 Å². The van der Waals surface area contributed by atoms with Gasteiger partial charge in [0.05, 0.1) is 10.4 Å². The number of amides is 1. The molecule has 0 aliphatic heterocycles. The Bertz CT molecular complexity index is 597. The fraction of sp³-hybridized carbons (Fsp3) is 0.429. The third kappa shape index (κ3) is 3.26. The summed E-state index contributed by atoms with van der Waals surface area (Å²) in [5, 5.41) is 11.8. The number of nitrogens with two attached hydrogens (primary N) is 1. The minimum absolute atomic E-state index is 0.151. The molecule has 0 bridgehead atoms. The number of rotatable bonds is 6. The van der Waals surface area contributed by atoms with Crippen LogP contribution in [0.25, 0.3) is 10.2 Å². The van der Waals surface area contributed by atoms with Gasteiger partial charge in [-0.25, -0.2) is 0 Å². The number of anilines is 1. The average molecular weight is 293 g/mol. The summed E-state index contributed by atoms with van der Waals surface area (Å²) in [6, 6.07) is 3.74. The van der Waals surface area contributed by atoms with Crippen molar-refractivity contribution in [2.45, 2.75) is 19.8 Å². The van der Waals surface area contributed by atoms with Gasteiger partial charge in [0, 0.05) is 19.3 Å². The van der Waals surface area contributed by atoms with Gasteiger partial charge in [0.15, 0.2) is 0 Å².